The second-order valence-corrected chi connectivity index (χ2v) is 5.54. The van der Waals surface area contributed by atoms with Gasteiger partial charge in [-0.05, 0) is 31.0 Å². The number of hydrogen-bond donors (Lipinski definition) is 2. The summed E-state index contributed by atoms with van der Waals surface area (Å²) in [5, 5.41) is 4.84. The van der Waals surface area contributed by atoms with Crippen LogP contribution in [-0.2, 0) is 11.3 Å². The summed E-state index contributed by atoms with van der Waals surface area (Å²) in [5.74, 6) is -3.02. The number of ether oxygens (including phenoxy) is 1. The third kappa shape index (κ3) is 4.53. The van der Waals surface area contributed by atoms with Crippen molar-refractivity contribution in [2.75, 3.05) is 12.4 Å². The van der Waals surface area contributed by atoms with Crippen molar-refractivity contribution in [1.29, 1.82) is 0 Å². The lowest BCUT2D eigenvalue weighted by atomic mass is 10.1. The van der Waals surface area contributed by atoms with Crippen molar-refractivity contribution in [3.8, 4) is 0 Å². The van der Waals surface area contributed by atoms with Crippen LogP contribution in [0, 0.1) is 25.5 Å². The van der Waals surface area contributed by atoms with E-state index in [9.17, 15) is 18.4 Å². The topological polar surface area (TPSA) is 67.4 Å². The molecule has 0 atom stereocenters. The summed E-state index contributed by atoms with van der Waals surface area (Å²) < 4.78 is 31.8. The van der Waals surface area contributed by atoms with Gasteiger partial charge in [0.15, 0.2) is 0 Å². The van der Waals surface area contributed by atoms with E-state index in [1.54, 1.807) is 0 Å². The molecular weight excluding hydrogens is 330 g/mol. The van der Waals surface area contributed by atoms with Crippen LogP contribution in [0.4, 0.5) is 19.3 Å². The molecule has 2 rings (SSSR count). The molecule has 5 nitrogen and oxygen atoms in total. The fraction of sp³-hybridized carbons (Fsp3) is 0.222. The second kappa shape index (κ2) is 7.74. The van der Waals surface area contributed by atoms with Crippen LogP contribution >= 0.6 is 0 Å². The number of halogens is 2. The largest absolute Gasteiger partial charge is 0.465 e. The van der Waals surface area contributed by atoms with Crippen LogP contribution in [0.2, 0.25) is 0 Å². The molecule has 0 bridgehead atoms. The van der Waals surface area contributed by atoms with Crippen LogP contribution in [0.25, 0.3) is 0 Å². The third-order valence-electron chi connectivity index (χ3n) is 3.65. The van der Waals surface area contributed by atoms with Gasteiger partial charge in [-0.1, -0.05) is 23.8 Å². The molecule has 132 valence electrons. The smallest absolute Gasteiger partial charge is 0.340 e. The molecule has 0 unspecified atom stereocenters. The Kier molecular flexibility index (Phi) is 5.69. The van der Waals surface area contributed by atoms with Crippen LogP contribution in [0.5, 0.6) is 0 Å². The van der Waals surface area contributed by atoms with E-state index in [1.165, 1.54) is 0 Å². The van der Waals surface area contributed by atoms with Crippen molar-refractivity contribution in [2.45, 2.75) is 20.4 Å². The van der Waals surface area contributed by atoms with Gasteiger partial charge < -0.3 is 15.4 Å². The number of urea groups is 1. The van der Waals surface area contributed by atoms with Crippen LogP contribution in [0.3, 0.4) is 0 Å². The molecule has 0 heterocycles. The summed E-state index contributed by atoms with van der Waals surface area (Å²) in [5.41, 5.74) is 2.25. The molecule has 0 saturated heterocycles. The van der Waals surface area contributed by atoms with E-state index >= 15 is 0 Å². The fourth-order valence-electron chi connectivity index (χ4n) is 2.30. The van der Waals surface area contributed by atoms with Crippen molar-refractivity contribution in [3.63, 3.8) is 0 Å². The molecule has 0 spiro atoms. The van der Waals surface area contributed by atoms with E-state index < -0.39 is 29.2 Å². The molecule has 7 heteroatoms. The number of amides is 2. The van der Waals surface area contributed by atoms with Gasteiger partial charge in [-0.2, -0.15) is 0 Å². The fourth-order valence-corrected chi connectivity index (χ4v) is 2.30. The number of aryl methyl sites for hydroxylation is 2. The monoisotopic (exact) mass is 348 g/mol. The van der Waals surface area contributed by atoms with E-state index in [0.29, 0.717) is 6.07 Å². The van der Waals surface area contributed by atoms with E-state index in [0.717, 1.165) is 29.9 Å². The van der Waals surface area contributed by atoms with Gasteiger partial charge in [0.1, 0.15) is 11.6 Å². The third-order valence-corrected chi connectivity index (χ3v) is 3.65. The van der Waals surface area contributed by atoms with Gasteiger partial charge in [0, 0.05) is 12.6 Å². The maximum absolute atomic E-state index is 13.8. The summed E-state index contributed by atoms with van der Waals surface area (Å²) in [6.07, 6.45) is 0. The Labute approximate surface area is 144 Å². The van der Waals surface area contributed by atoms with Crippen molar-refractivity contribution >= 4 is 17.7 Å². The van der Waals surface area contributed by atoms with E-state index in [-0.39, 0.29) is 12.2 Å². The number of hydrogen-bond acceptors (Lipinski definition) is 3. The Bertz CT molecular complexity index is 822. The number of carbonyl (C=O) groups is 2. The van der Waals surface area contributed by atoms with Crippen molar-refractivity contribution in [3.05, 3.63) is 64.2 Å². The normalized spacial score (nSPS) is 10.3. The van der Waals surface area contributed by atoms with Gasteiger partial charge >= 0.3 is 12.0 Å². The highest BCUT2D eigenvalue weighted by molar-refractivity contribution is 5.94. The summed E-state index contributed by atoms with van der Waals surface area (Å²) in [6.45, 7) is 4.13. The lowest BCUT2D eigenvalue weighted by Crippen LogP contribution is -2.29. The Hall–Kier alpha value is -2.96. The molecule has 2 amide bonds. The van der Waals surface area contributed by atoms with Gasteiger partial charge in [-0.15, -0.1) is 0 Å². The van der Waals surface area contributed by atoms with E-state index in [2.05, 4.69) is 15.4 Å². The molecule has 0 aliphatic heterocycles. The highest BCUT2D eigenvalue weighted by Gasteiger charge is 2.17. The summed E-state index contributed by atoms with van der Waals surface area (Å²) in [7, 11) is 1.08. The standard InChI is InChI=1S/C18H18F2N2O3/c1-10-4-5-12(11(2)6-10)9-21-18(24)22-16-7-13(17(23)25-3)14(19)8-15(16)20/h4-8H,9H2,1-3H3,(H2,21,22,24). The SMILES string of the molecule is COC(=O)c1cc(NC(=O)NCc2ccc(C)cc2C)c(F)cc1F. The molecule has 0 aliphatic rings. The molecule has 0 fully saturated rings. The summed E-state index contributed by atoms with van der Waals surface area (Å²) >= 11 is 0. The Balaban J connectivity index is 2.08. The number of esters is 1. The zero-order chi connectivity index (χ0) is 18.6. The van der Waals surface area contributed by atoms with Crippen molar-refractivity contribution in [1.82, 2.24) is 5.32 Å². The summed E-state index contributed by atoms with van der Waals surface area (Å²) in [6, 6.07) is 6.53. The van der Waals surface area contributed by atoms with E-state index in [1.807, 2.05) is 32.0 Å². The minimum Gasteiger partial charge on any atom is -0.465 e. The Morgan fingerprint density at radius 3 is 2.44 bits per heavy atom. The zero-order valence-corrected chi connectivity index (χ0v) is 14.1. The predicted molar refractivity (Wildman–Crippen MR) is 89.5 cm³/mol. The molecule has 2 N–H and O–H groups in total. The Morgan fingerprint density at radius 1 is 1.08 bits per heavy atom. The van der Waals surface area contributed by atoms with Crippen molar-refractivity contribution in [2.24, 2.45) is 0 Å². The number of carbonyl (C=O) groups excluding carboxylic acids is 2. The lowest BCUT2D eigenvalue weighted by Gasteiger charge is -2.11. The number of anilines is 1. The first kappa shape index (κ1) is 18.4. The van der Waals surface area contributed by atoms with Crippen LogP contribution in [-0.4, -0.2) is 19.1 Å². The van der Waals surface area contributed by atoms with Gasteiger partial charge in [0.25, 0.3) is 0 Å². The Morgan fingerprint density at radius 2 is 1.80 bits per heavy atom. The van der Waals surface area contributed by atoms with Gasteiger partial charge in [0.05, 0.1) is 18.4 Å². The number of nitrogens with one attached hydrogen (secondary N) is 2. The highest BCUT2D eigenvalue weighted by atomic mass is 19.1. The number of methoxy groups -OCH3 is 1. The zero-order valence-electron chi connectivity index (χ0n) is 14.1. The molecule has 0 aliphatic carbocycles. The van der Waals surface area contributed by atoms with Crippen LogP contribution in [0.1, 0.15) is 27.0 Å². The molecule has 2 aromatic rings. The molecule has 2 aromatic carbocycles. The first-order chi connectivity index (χ1) is 11.8. The van der Waals surface area contributed by atoms with E-state index in [4.69, 9.17) is 0 Å². The molecule has 25 heavy (non-hydrogen) atoms. The second-order valence-electron chi connectivity index (χ2n) is 5.54. The first-order valence-corrected chi connectivity index (χ1v) is 7.50. The molecule has 0 radical (unpaired) electrons. The number of rotatable bonds is 4. The maximum atomic E-state index is 13.8. The maximum Gasteiger partial charge on any atom is 0.340 e. The summed E-state index contributed by atoms with van der Waals surface area (Å²) in [4.78, 5) is 23.4. The first-order valence-electron chi connectivity index (χ1n) is 7.50. The molecule has 0 aromatic heterocycles. The van der Waals surface area contributed by atoms with Crippen LogP contribution < -0.4 is 10.6 Å². The van der Waals surface area contributed by atoms with Crippen molar-refractivity contribution < 1.29 is 23.1 Å². The average Bonchev–Trinajstić information content (AvgIpc) is 2.55. The average molecular weight is 348 g/mol. The predicted octanol–water partition coefficient (Wildman–Crippen LogP) is 3.69. The minimum atomic E-state index is -1.06. The highest BCUT2D eigenvalue weighted by Crippen LogP contribution is 2.20. The van der Waals surface area contributed by atoms with Gasteiger partial charge in [-0.3, -0.25) is 0 Å². The quantitative estimate of drug-likeness (QED) is 0.828. The molecule has 0 saturated carbocycles. The van der Waals surface area contributed by atoms with Gasteiger partial charge in [-0.25, -0.2) is 18.4 Å². The minimum absolute atomic E-state index is 0.241. The van der Waals surface area contributed by atoms with Gasteiger partial charge in [0.2, 0.25) is 0 Å². The molecular formula is C18H18F2N2O3. The number of benzene rings is 2. The van der Waals surface area contributed by atoms with Crippen LogP contribution in [0.15, 0.2) is 30.3 Å². The lowest BCUT2D eigenvalue weighted by molar-refractivity contribution is 0.0595.